The number of benzene rings is 1. The van der Waals surface area contributed by atoms with Gasteiger partial charge in [-0.15, -0.1) is 11.3 Å². The first kappa shape index (κ1) is 22.1. The molecule has 0 saturated carbocycles. The number of hydrogen-bond acceptors (Lipinski definition) is 8. The maximum absolute atomic E-state index is 12.6. The predicted octanol–water partition coefficient (Wildman–Crippen LogP) is 3.38. The van der Waals surface area contributed by atoms with E-state index in [2.05, 4.69) is 48.4 Å². The third kappa shape index (κ3) is 4.64. The third-order valence-corrected chi connectivity index (χ3v) is 7.63. The van der Waals surface area contributed by atoms with Crippen LogP contribution < -0.4 is 5.32 Å². The predicted molar refractivity (Wildman–Crippen MR) is 138 cm³/mol. The number of piperidine rings is 1. The van der Waals surface area contributed by atoms with E-state index in [0.29, 0.717) is 32.5 Å². The minimum atomic E-state index is -0.266. The number of thiazole rings is 1. The van der Waals surface area contributed by atoms with Crippen LogP contribution in [0, 0.1) is 0 Å². The van der Waals surface area contributed by atoms with E-state index in [0.717, 1.165) is 58.0 Å². The van der Waals surface area contributed by atoms with Crippen molar-refractivity contribution in [2.24, 2.45) is 0 Å². The Hall–Kier alpha value is -3.34. The van der Waals surface area contributed by atoms with Gasteiger partial charge in [0.05, 0.1) is 33.8 Å². The Kier molecular flexibility index (Phi) is 5.93. The van der Waals surface area contributed by atoms with Gasteiger partial charge in [-0.3, -0.25) is 9.69 Å². The van der Waals surface area contributed by atoms with E-state index in [-0.39, 0.29) is 12.0 Å². The molecule has 9 nitrogen and oxygen atoms in total. The maximum Gasteiger partial charge on any atom is 0.236 e. The van der Waals surface area contributed by atoms with Crippen LogP contribution in [0.1, 0.15) is 25.0 Å². The number of nitrogens with zero attached hydrogens (tertiary/aromatic N) is 5. The molecule has 3 aromatic heterocycles. The number of aliphatic hydroxyl groups is 1. The highest BCUT2D eigenvalue weighted by molar-refractivity contribution is 7.16. The van der Waals surface area contributed by atoms with Crippen LogP contribution in [0.15, 0.2) is 42.2 Å². The second-order valence-electron chi connectivity index (χ2n) is 9.15. The number of rotatable bonds is 5. The molecule has 0 atom stereocenters. The Labute approximate surface area is 206 Å². The lowest BCUT2D eigenvalue weighted by molar-refractivity contribution is -0.134. The number of hydrogen-bond donors (Lipinski definition) is 3. The monoisotopic (exact) mass is 489 g/mol. The lowest BCUT2D eigenvalue weighted by atomic mass is 10.0. The zero-order chi connectivity index (χ0) is 23.8. The van der Waals surface area contributed by atoms with Gasteiger partial charge in [0.15, 0.2) is 0 Å². The molecule has 2 aliphatic rings. The first-order chi connectivity index (χ1) is 17.1. The van der Waals surface area contributed by atoms with Gasteiger partial charge in [-0.05, 0) is 49.1 Å². The summed E-state index contributed by atoms with van der Waals surface area (Å²) in [7, 11) is 0. The molecule has 4 aromatic rings. The lowest BCUT2D eigenvalue weighted by Crippen LogP contribution is -2.45. The number of carbonyl (C=O) groups excluding carboxylic acids is 1. The molecule has 35 heavy (non-hydrogen) atoms. The Morgan fingerprint density at radius 1 is 1.17 bits per heavy atom. The van der Waals surface area contributed by atoms with Gasteiger partial charge in [0.25, 0.3) is 0 Å². The summed E-state index contributed by atoms with van der Waals surface area (Å²) >= 11 is 1.62. The van der Waals surface area contributed by atoms with Crippen LogP contribution in [0.25, 0.3) is 26.8 Å². The van der Waals surface area contributed by atoms with Crippen LogP contribution in [0.5, 0.6) is 0 Å². The summed E-state index contributed by atoms with van der Waals surface area (Å²) in [6.07, 6.45) is 5.71. The normalized spacial score (nSPS) is 17.7. The van der Waals surface area contributed by atoms with Crippen LogP contribution in [0.4, 0.5) is 11.5 Å². The summed E-state index contributed by atoms with van der Waals surface area (Å²) in [5, 5.41) is 14.0. The van der Waals surface area contributed by atoms with Crippen molar-refractivity contribution in [3.05, 3.63) is 47.9 Å². The van der Waals surface area contributed by atoms with E-state index >= 15 is 0 Å². The fraction of sp³-hybridized carbons (Fsp3) is 0.360. The van der Waals surface area contributed by atoms with Crippen molar-refractivity contribution in [3.8, 4) is 0 Å². The summed E-state index contributed by atoms with van der Waals surface area (Å²) in [6, 6.07) is 8.21. The number of nitrogens with one attached hydrogen (secondary N) is 2. The van der Waals surface area contributed by atoms with Crippen molar-refractivity contribution in [1.29, 1.82) is 0 Å². The fourth-order valence-electron chi connectivity index (χ4n) is 4.79. The molecule has 0 aliphatic carbocycles. The highest BCUT2D eigenvalue weighted by Gasteiger charge is 2.24. The van der Waals surface area contributed by atoms with Gasteiger partial charge in [-0.1, -0.05) is 6.08 Å². The van der Waals surface area contributed by atoms with Crippen LogP contribution in [-0.2, 0) is 4.79 Å². The van der Waals surface area contributed by atoms with Gasteiger partial charge in [-0.2, -0.15) is 0 Å². The van der Waals surface area contributed by atoms with Gasteiger partial charge >= 0.3 is 0 Å². The van der Waals surface area contributed by atoms with Crippen molar-refractivity contribution in [1.82, 2.24) is 29.7 Å². The maximum atomic E-state index is 12.6. The third-order valence-electron chi connectivity index (χ3n) is 6.83. The van der Waals surface area contributed by atoms with E-state index in [1.165, 1.54) is 5.57 Å². The zero-order valence-corrected chi connectivity index (χ0v) is 20.1. The van der Waals surface area contributed by atoms with E-state index in [9.17, 15) is 9.90 Å². The molecule has 1 aromatic carbocycles. The zero-order valence-electron chi connectivity index (χ0n) is 19.3. The van der Waals surface area contributed by atoms with Crippen LogP contribution >= 0.6 is 11.3 Å². The molecule has 180 valence electrons. The molecule has 0 unspecified atom stereocenters. The molecular formula is C25H27N7O2S. The molecular weight excluding hydrogens is 462 g/mol. The number of H-pyrrole nitrogens is 1. The topological polar surface area (TPSA) is 110 Å². The highest BCUT2D eigenvalue weighted by Crippen LogP contribution is 2.30. The molecule has 1 saturated heterocycles. The second-order valence-corrected chi connectivity index (χ2v) is 10.0. The number of anilines is 2. The van der Waals surface area contributed by atoms with E-state index < -0.39 is 0 Å². The van der Waals surface area contributed by atoms with Crippen molar-refractivity contribution in [3.63, 3.8) is 0 Å². The standard InChI is InChI=1S/C25H27N7O2S/c33-18-5-9-32(10-6-18)23(34)13-31-7-3-16(4-8-31)21-12-19-24(26-14-27-25(19)30-21)29-17-1-2-20-22(11-17)35-15-28-20/h1-3,11-12,14-15,18,33H,4-10,13H2,(H2,26,27,29,30). The van der Waals surface area contributed by atoms with E-state index in [1.54, 1.807) is 17.7 Å². The van der Waals surface area contributed by atoms with Gasteiger partial charge in [-0.25, -0.2) is 15.0 Å². The number of fused-ring (bicyclic) bond motifs is 2. The minimum absolute atomic E-state index is 0.155. The Bertz CT molecular complexity index is 1400. The molecule has 0 spiro atoms. The Morgan fingerprint density at radius 3 is 2.89 bits per heavy atom. The largest absolute Gasteiger partial charge is 0.393 e. The lowest BCUT2D eigenvalue weighted by Gasteiger charge is -2.32. The van der Waals surface area contributed by atoms with Crippen LogP contribution in [-0.4, -0.2) is 79.6 Å². The first-order valence-electron chi connectivity index (χ1n) is 11.9. The molecule has 5 heterocycles. The summed E-state index contributed by atoms with van der Waals surface area (Å²) in [5.74, 6) is 0.915. The van der Waals surface area contributed by atoms with Crippen molar-refractivity contribution >= 4 is 55.6 Å². The van der Waals surface area contributed by atoms with Crippen molar-refractivity contribution in [2.45, 2.75) is 25.4 Å². The summed E-state index contributed by atoms with van der Waals surface area (Å²) in [6.45, 7) is 3.29. The first-order valence-corrected chi connectivity index (χ1v) is 12.8. The fourth-order valence-corrected chi connectivity index (χ4v) is 5.50. The number of amides is 1. The molecule has 6 rings (SSSR count). The average molecular weight is 490 g/mol. The molecule has 0 radical (unpaired) electrons. The number of aromatic nitrogens is 4. The molecule has 3 N–H and O–H groups in total. The van der Waals surface area contributed by atoms with Crippen molar-refractivity contribution < 1.29 is 9.90 Å². The number of aromatic amines is 1. The summed E-state index contributed by atoms with van der Waals surface area (Å²) in [5.41, 5.74) is 6.87. The number of likely N-dealkylation sites (tertiary alicyclic amines) is 1. The van der Waals surface area contributed by atoms with Crippen LogP contribution in [0.2, 0.25) is 0 Å². The molecule has 2 aliphatic heterocycles. The van der Waals surface area contributed by atoms with Crippen molar-refractivity contribution in [2.75, 3.05) is 38.0 Å². The van der Waals surface area contributed by atoms with Crippen LogP contribution in [0.3, 0.4) is 0 Å². The summed E-state index contributed by atoms with van der Waals surface area (Å²) in [4.78, 5) is 33.4. The molecule has 1 fully saturated rings. The highest BCUT2D eigenvalue weighted by atomic mass is 32.1. The Balaban J connectivity index is 1.15. The molecule has 0 bridgehead atoms. The molecule has 1 amide bonds. The Morgan fingerprint density at radius 2 is 2.06 bits per heavy atom. The quantitative estimate of drug-likeness (QED) is 0.394. The summed E-state index contributed by atoms with van der Waals surface area (Å²) < 4.78 is 1.13. The minimum Gasteiger partial charge on any atom is -0.393 e. The molecule has 10 heteroatoms. The van der Waals surface area contributed by atoms with E-state index in [1.807, 2.05) is 22.5 Å². The SMILES string of the molecule is O=C(CN1CC=C(c2cc3c(Nc4ccc5ncsc5c4)ncnc3[nH]2)CC1)N1CCC(O)CC1. The van der Waals surface area contributed by atoms with Gasteiger partial charge in [0, 0.05) is 37.6 Å². The van der Waals surface area contributed by atoms with Gasteiger partial charge < -0.3 is 20.3 Å². The number of aliphatic hydroxyl groups excluding tert-OH is 1. The van der Waals surface area contributed by atoms with E-state index in [4.69, 9.17) is 0 Å². The van der Waals surface area contributed by atoms with Gasteiger partial charge in [0.1, 0.15) is 17.8 Å². The smallest absolute Gasteiger partial charge is 0.236 e. The number of carbonyl (C=O) groups is 1. The van der Waals surface area contributed by atoms with Gasteiger partial charge in [0.2, 0.25) is 5.91 Å². The second kappa shape index (κ2) is 9.37. The average Bonchev–Trinajstić information content (AvgIpc) is 3.52.